The molecule has 5 nitrogen and oxygen atoms in total. The number of esters is 1. The van der Waals surface area contributed by atoms with E-state index in [2.05, 4.69) is 5.32 Å². The van der Waals surface area contributed by atoms with Gasteiger partial charge >= 0.3 is 5.97 Å². The number of rotatable bonds is 6. The molecule has 23 heavy (non-hydrogen) atoms. The Bertz CT molecular complexity index is 683. The summed E-state index contributed by atoms with van der Waals surface area (Å²) in [7, 11) is 1.48. The Morgan fingerprint density at radius 3 is 2.52 bits per heavy atom. The van der Waals surface area contributed by atoms with Crippen LogP contribution in [0.1, 0.15) is 21.5 Å². The van der Waals surface area contributed by atoms with Gasteiger partial charge in [0, 0.05) is 6.54 Å². The molecule has 5 heteroatoms. The summed E-state index contributed by atoms with van der Waals surface area (Å²) >= 11 is 0. The van der Waals surface area contributed by atoms with Crippen molar-refractivity contribution in [2.75, 3.05) is 13.7 Å². The summed E-state index contributed by atoms with van der Waals surface area (Å²) < 4.78 is 10.2. The SMILES string of the molecule is COc1ccc(C)cc1C(=O)OCC(=O)NCc1ccccc1. The third-order valence-electron chi connectivity index (χ3n) is 3.24. The second-order valence-electron chi connectivity index (χ2n) is 5.04. The van der Waals surface area contributed by atoms with E-state index in [0.717, 1.165) is 11.1 Å². The fraction of sp³-hybridized carbons (Fsp3) is 0.222. The van der Waals surface area contributed by atoms with Crippen LogP contribution in [0.3, 0.4) is 0 Å². The lowest BCUT2D eigenvalue weighted by atomic mass is 10.1. The number of amides is 1. The van der Waals surface area contributed by atoms with E-state index in [1.807, 2.05) is 43.3 Å². The van der Waals surface area contributed by atoms with E-state index in [-0.39, 0.29) is 12.5 Å². The van der Waals surface area contributed by atoms with Crippen LogP contribution in [0.5, 0.6) is 5.75 Å². The number of hydrogen-bond acceptors (Lipinski definition) is 4. The summed E-state index contributed by atoms with van der Waals surface area (Å²) in [6.45, 7) is 1.93. The minimum atomic E-state index is -0.583. The monoisotopic (exact) mass is 313 g/mol. The largest absolute Gasteiger partial charge is 0.496 e. The molecule has 0 heterocycles. The van der Waals surface area contributed by atoms with Crippen LogP contribution in [0.4, 0.5) is 0 Å². The van der Waals surface area contributed by atoms with Crippen LogP contribution in [0.2, 0.25) is 0 Å². The van der Waals surface area contributed by atoms with Crippen molar-refractivity contribution in [3.05, 3.63) is 65.2 Å². The highest BCUT2D eigenvalue weighted by Crippen LogP contribution is 2.20. The molecule has 0 saturated heterocycles. The summed E-state index contributed by atoms with van der Waals surface area (Å²) in [5, 5.41) is 2.70. The van der Waals surface area contributed by atoms with Gasteiger partial charge in [-0.3, -0.25) is 4.79 Å². The Morgan fingerprint density at radius 1 is 1.09 bits per heavy atom. The Morgan fingerprint density at radius 2 is 1.83 bits per heavy atom. The number of aryl methyl sites for hydroxylation is 1. The summed E-state index contributed by atoms with van der Waals surface area (Å²) in [5.74, 6) is -0.514. The number of carbonyl (C=O) groups excluding carboxylic acids is 2. The van der Waals surface area contributed by atoms with Gasteiger partial charge in [-0.1, -0.05) is 42.0 Å². The first-order valence-corrected chi connectivity index (χ1v) is 7.22. The van der Waals surface area contributed by atoms with Gasteiger partial charge in [-0.2, -0.15) is 0 Å². The van der Waals surface area contributed by atoms with E-state index >= 15 is 0 Å². The molecule has 2 rings (SSSR count). The second-order valence-corrected chi connectivity index (χ2v) is 5.04. The highest BCUT2D eigenvalue weighted by atomic mass is 16.5. The molecule has 2 aromatic rings. The molecular weight excluding hydrogens is 294 g/mol. The predicted octanol–water partition coefficient (Wildman–Crippen LogP) is 2.48. The maximum Gasteiger partial charge on any atom is 0.342 e. The average Bonchev–Trinajstić information content (AvgIpc) is 2.58. The first-order chi connectivity index (χ1) is 11.1. The number of benzene rings is 2. The van der Waals surface area contributed by atoms with Gasteiger partial charge in [-0.25, -0.2) is 4.79 Å². The fourth-order valence-electron chi connectivity index (χ4n) is 2.04. The summed E-state index contributed by atoms with van der Waals surface area (Å²) in [6, 6.07) is 14.7. The van der Waals surface area contributed by atoms with Gasteiger partial charge in [-0.15, -0.1) is 0 Å². The molecular formula is C18H19NO4. The van der Waals surface area contributed by atoms with Crippen molar-refractivity contribution in [2.24, 2.45) is 0 Å². The first-order valence-electron chi connectivity index (χ1n) is 7.22. The van der Waals surface area contributed by atoms with Crippen LogP contribution < -0.4 is 10.1 Å². The average molecular weight is 313 g/mol. The molecule has 0 aliphatic carbocycles. The van der Waals surface area contributed by atoms with Crippen molar-refractivity contribution in [1.82, 2.24) is 5.32 Å². The zero-order valence-electron chi connectivity index (χ0n) is 13.2. The maximum absolute atomic E-state index is 12.1. The molecule has 0 unspecified atom stereocenters. The molecule has 0 saturated carbocycles. The molecule has 0 aliphatic rings. The fourth-order valence-corrected chi connectivity index (χ4v) is 2.04. The summed E-state index contributed by atoms with van der Waals surface area (Å²) in [4.78, 5) is 23.8. The van der Waals surface area contributed by atoms with Gasteiger partial charge < -0.3 is 14.8 Å². The van der Waals surface area contributed by atoms with Gasteiger partial charge in [0.05, 0.1) is 7.11 Å². The zero-order valence-corrected chi connectivity index (χ0v) is 13.2. The molecule has 2 aromatic carbocycles. The number of ether oxygens (including phenoxy) is 2. The topological polar surface area (TPSA) is 64.6 Å². The number of carbonyl (C=O) groups is 2. The first kappa shape index (κ1) is 16.5. The van der Waals surface area contributed by atoms with Gasteiger partial charge in [-0.05, 0) is 24.6 Å². The normalized spacial score (nSPS) is 10.0. The summed E-state index contributed by atoms with van der Waals surface area (Å²) in [6.07, 6.45) is 0. The molecule has 1 N–H and O–H groups in total. The molecule has 1 amide bonds. The second kappa shape index (κ2) is 7.98. The Hall–Kier alpha value is -2.82. The van der Waals surface area contributed by atoms with Crippen LogP contribution in [-0.4, -0.2) is 25.6 Å². The third-order valence-corrected chi connectivity index (χ3v) is 3.24. The zero-order chi connectivity index (χ0) is 16.7. The minimum absolute atomic E-state index is 0.309. The predicted molar refractivity (Wildman–Crippen MR) is 86.3 cm³/mol. The van der Waals surface area contributed by atoms with Crippen LogP contribution in [0.15, 0.2) is 48.5 Å². The minimum Gasteiger partial charge on any atom is -0.496 e. The van der Waals surface area contributed by atoms with E-state index < -0.39 is 5.97 Å². The Balaban J connectivity index is 1.86. The smallest absolute Gasteiger partial charge is 0.342 e. The Labute approximate surface area is 135 Å². The number of methoxy groups -OCH3 is 1. The number of hydrogen-bond donors (Lipinski definition) is 1. The lowest BCUT2D eigenvalue weighted by Gasteiger charge is -2.10. The molecule has 0 atom stereocenters. The lowest BCUT2D eigenvalue weighted by Crippen LogP contribution is -2.28. The standard InChI is InChI=1S/C18H19NO4/c1-13-8-9-16(22-2)15(10-13)18(21)23-12-17(20)19-11-14-6-4-3-5-7-14/h3-10H,11-12H2,1-2H3,(H,19,20). The van der Waals surface area contributed by atoms with Crippen molar-refractivity contribution in [3.8, 4) is 5.75 Å². The Kier molecular flexibility index (Phi) is 5.74. The van der Waals surface area contributed by atoms with E-state index in [1.54, 1.807) is 12.1 Å². The molecule has 120 valence electrons. The van der Waals surface area contributed by atoms with Gasteiger partial charge in [0.15, 0.2) is 6.61 Å². The highest BCUT2D eigenvalue weighted by Gasteiger charge is 2.15. The van der Waals surface area contributed by atoms with E-state index in [4.69, 9.17) is 9.47 Å². The number of nitrogens with one attached hydrogen (secondary N) is 1. The van der Waals surface area contributed by atoms with Crippen molar-refractivity contribution in [2.45, 2.75) is 13.5 Å². The van der Waals surface area contributed by atoms with E-state index in [9.17, 15) is 9.59 Å². The molecule has 0 aliphatic heterocycles. The van der Waals surface area contributed by atoms with Crippen molar-refractivity contribution >= 4 is 11.9 Å². The van der Waals surface area contributed by atoms with E-state index in [1.165, 1.54) is 7.11 Å². The molecule has 0 bridgehead atoms. The lowest BCUT2D eigenvalue weighted by molar-refractivity contribution is -0.124. The highest BCUT2D eigenvalue weighted by molar-refractivity contribution is 5.94. The van der Waals surface area contributed by atoms with E-state index in [0.29, 0.717) is 17.9 Å². The van der Waals surface area contributed by atoms with Crippen molar-refractivity contribution in [1.29, 1.82) is 0 Å². The van der Waals surface area contributed by atoms with Gasteiger partial charge in [0.25, 0.3) is 5.91 Å². The molecule has 0 spiro atoms. The van der Waals surface area contributed by atoms with Gasteiger partial charge in [0.2, 0.25) is 0 Å². The quantitative estimate of drug-likeness (QED) is 0.832. The molecule has 0 aromatic heterocycles. The summed E-state index contributed by atoms with van der Waals surface area (Å²) in [5.41, 5.74) is 2.20. The van der Waals surface area contributed by atoms with Crippen LogP contribution in [0, 0.1) is 6.92 Å². The molecule has 0 fully saturated rings. The van der Waals surface area contributed by atoms with Crippen LogP contribution in [-0.2, 0) is 16.1 Å². The molecule has 0 radical (unpaired) electrons. The maximum atomic E-state index is 12.1. The van der Waals surface area contributed by atoms with Crippen molar-refractivity contribution < 1.29 is 19.1 Å². The van der Waals surface area contributed by atoms with Gasteiger partial charge in [0.1, 0.15) is 11.3 Å². The van der Waals surface area contributed by atoms with Crippen LogP contribution >= 0.6 is 0 Å². The van der Waals surface area contributed by atoms with Crippen molar-refractivity contribution in [3.63, 3.8) is 0 Å². The third kappa shape index (κ3) is 4.85. The van der Waals surface area contributed by atoms with Crippen LogP contribution in [0.25, 0.3) is 0 Å².